The van der Waals surface area contributed by atoms with Gasteiger partial charge in [-0.25, -0.2) is 0 Å². The van der Waals surface area contributed by atoms with E-state index < -0.39 is 0 Å². The summed E-state index contributed by atoms with van der Waals surface area (Å²) in [7, 11) is 1.61. The minimum absolute atomic E-state index is 0.152. The Morgan fingerprint density at radius 2 is 2.21 bits per heavy atom. The van der Waals surface area contributed by atoms with Crippen LogP contribution in [-0.2, 0) is 10.2 Å². The number of nitrogens with two attached hydrogens (primary N) is 1. The second kappa shape index (κ2) is 4.06. The van der Waals surface area contributed by atoms with Crippen LogP contribution in [0.1, 0.15) is 38.6 Å². The van der Waals surface area contributed by atoms with Crippen molar-refractivity contribution in [2.45, 2.75) is 32.3 Å². The normalized spacial score (nSPS) is 14.4. The second-order valence-electron chi connectivity index (χ2n) is 3.92. The smallest absolute Gasteiger partial charge is 0.233 e. The van der Waals surface area contributed by atoms with Gasteiger partial charge in [0.2, 0.25) is 5.89 Å². The maximum atomic E-state index is 5.60. The molecule has 1 rings (SSSR count). The number of nitrogens with zero attached hydrogens (tertiary/aromatic N) is 2. The molecule has 80 valence electrons. The van der Waals surface area contributed by atoms with Crippen molar-refractivity contribution in [2.24, 2.45) is 5.73 Å². The lowest BCUT2D eigenvalue weighted by molar-refractivity contribution is 0.109. The molecule has 5 nitrogen and oxygen atoms in total. The zero-order chi connectivity index (χ0) is 10.8. The monoisotopic (exact) mass is 199 g/mol. The second-order valence-corrected chi connectivity index (χ2v) is 3.92. The lowest BCUT2D eigenvalue weighted by Gasteiger charge is -2.15. The summed E-state index contributed by atoms with van der Waals surface area (Å²) in [6.07, 6.45) is -0.152. The summed E-state index contributed by atoms with van der Waals surface area (Å²) in [6.45, 7) is 6.25. The Morgan fingerprint density at radius 3 is 2.71 bits per heavy atom. The molecule has 1 atom stereocenters. The summed E-state index contributed by atoms with van der Waals surface area (Å²) < 4.78 is 10.2. The molecule has 0 aromatic carbocycles. The maximum absolute atomic E-state index is 5.60. The van der Waals surface area contributed by atoms with Crippen LogP contribution in [0, 0.1) is 0 Å². The van der Waals surface area contributed by atoms with E-state index in [0.717, 1.165) is 0 Å². The highest BCUT2D eigenvalue weighted by Crippen LogP contribution is 2.21. The van der Waals surface area contributed by atoms with E-state index in [1.54, 1.807) is 7.11 Å². The van der Waals surface area contributed by atoms with Crippen molar-refractivity contribution in [2.75, 3.05) is 13.7 Å². The van der Waals surface area contributed by atoms with Gasteiger partial charge in [0.05, 0.1) is 5.41 Å². The predicted octanol–water partition coefficient (Wildman–Crippen LogP) is 1.01. The minimum Gasteiger partial charge on any atom is -0.374 e. The van der Waals surface area contributed by atoms with Crippen LogP contribution in [0.2, 0.25) is 0 Å². The lowest BCUT2D eigenvalue weighted by atomic mass is 9.94. The predicted molar refractivity (Wildman–Crippen MR) is 51.8 cm³/mol. The molecule has 2 N–H and O–H groups in total. The fraction of sp³-hybridized carbons (Fsp3) is 0.778. The number of methoxy groups -OCH3 is 1. The summed E-state index contributed by atoms with van der Waals surface area (Å²) in [4.78, 5) is 4.24. The van der Waals surface area contributed by atoms with E-state index in [9.17, 15) is 0 Å². The molecular formula is C9H17N3O2. The molecular weight excluding hydrogens is 182 g/mol. The van der Waals surface area contributed by atoms with E-state index in [0.29, 0.717) is 18.3 Å². The van der Waals surface area contributed by atoms with Crippen LogP contribution in [0.25, 0.3) is 0 Å². The number of hydrogen-bond acceptors (Lipinski definition) is 5. The fourth-order valence-electron chi connectivity index (χ4n) is 0.868. The molecule has 1 aromatic rings. The molecule has 0 aliphatic carbocycles. The highest BCUT2D eigenvalue weighted by Gasteiger charge is 2.26. The molecule has 0 aliphatic heterocycles. The number of rotatable bonds is 4. The molecule has 0 aliphatic rings. The van der Waals surface area contributed by atoms with Crippen LogP contribution in [0.5, 0.6) is 0 Å². The third-order valence-electron chi connectivity index (χ3n) is 2.25. The van der Waals surface area contributed by atoms with Gasteiger partial charge in [0.25, 0.3) is 0 Å². The zero-order valence-corrected chi connectivity index (χ0v) is 9.07. The van der Waals surface area contributed by atoms with Crippen LogP contribution in [-0.4, -0.2) is 23.8 Å². The summed E-state index contributed by atoms with van der Waals surface area (Å²) >= 11 is 0. The molecule has 14 heavy (non-hydrogen) atoms. The van der Waals surface area contributed by atoms with Gasteiger partial charge in [-0.05, 0) is 20.8 Å². The Morgan fingerprint density at radius 1 is 1.57 bits per heavy atom. The molecule has 1 unspecified atom stereocenters. The molecule has 1 heterocycles. The summed E-state index contributed by atoms with van der Waals surface area (Å²) in [5.41, 5.74) is 5.32. The molecule has 0 amide bonds. The topological polar surface area (TPSA) is 74.2 Å². The van der Waals surface area contributed by atoms with E-state index in [2.05, 4.69) is 10.1 Å². The van der Waals surface area contributed by atoms with Gasteiger partial charge < -0.3 is 15.0 Å². The van der Waals surface area contributed by atoms with Gasteiger partial charge in [0, 0.05) is 13.7 Å². The van der Waals surface area contributed by atoms with Crippen molar-refractivity contribution in [1.29, 1.82) is 0 Å². The lowest BCUT2D eigenvalue weighted by Crippen LogP contribution is -2.28. The van der Waals surface area contributed by atoms with Crippen LogP contribution in [0.4, 0.5) is 0 Å². The zero-order valence-electron chi connectivity index (χ0n) is 9.07. The van der Waals surface area contributed by atoms with Crippen molar-refractivity contribution in [3.8, 4) is 0 Å². The third-order valence-corrected chi connectivity index (χ3v) is 2.25. The first-order valence-electron chi connectivity index (χ1n) is 4.58. The van der Waals surface area contributed by atoms with E-state index >= 15 is 0 Å². The first-order valence-corrected chi connectivity index (χ1v) is 4.58. The molecule has 0 radical (unpaired) electrons. The Labute approximate surface area is 83.6 Å². The molecule has 0 spiro atoms. The maximum Gasteiger partial charge on any atom is 0.233 e. The van der Waals surface area contributed by atoms with Crippen molar-refractivity contribution in [3.05, 3.63) is 11.7 Å². The van der Waals surface area contributed by atoms with Crippen molar-refractivity contribution in [3.63, 3.8) is 0 Å². The molecule has 0 saturated heterocycles. The molecule has 1 aromatic heterocycles. The van der Waals surface area contributed by atoms with Crippen LogP contribution >= 0.6 is 0 Å². The Hall–Kier alpha value is -0.940. The van der Waals surface area contributed by atoms with Gasteiger partial charge in [0.1, 0.15) is 6.10 Å². The average molecular weight is 199 g/mol. The Balaban J connectivity index is 2.88. The van der Waals surface area contributed by atoms with Crippen LogP contribution in [0.15, 0.2) is 4.52 Å². The van der Waals surface area contributed by atoms with E-state index in [1.165, 1.54) is 0 Å². The summed E-state index contributed by atoms with van der Waals surface area (Å²) in [5.74, 6) is 1.11. The summed E-state index contributed by atoms with van der Waals surface area (Å²) in [6, 6.07) is 0. The van der Waals surface area contributed by atoms with E-state index in [-0.39, 0.29) is 11.5 Å². The van der Waals surface area contributed by atoms with Crippen LogP contribution in [0.3, 0.4) is 0 Å². The third kappa shape index (κ3) is 2.10. The van der Waals surface area contributed by atoms with Gasteiger partial charge in [-0.15, -0.1) is 0 Å². The molecule has 0 fully saturated rings. The molecule has 5 heteroatoms. The Bertz CT molecular complexity index is 296. The Kier molecular flexibility index (Phi) is 3.23. The van der Waals surface area contributed by atoms with Gasteiger partial charge in [-0.2, -0.15) is 4.98 Å². The van der Waals surface area contributed by atoms with Gasteiger partial charge in [0.15, 0.2) is 5.82 Å². The van der Waals surface area contributed by atoms with Gasteiger partial charge in [-0.3, -0.25) is 0 Å². The highest BCUT2D eigenvalue weighted by atomic mass is 16.5. The van der Waals surface area contributed by atoms with E-state index in [4.69, 9.17) is 15.0 Å². The summed E-state index contributed by atoms with van der Waals surface area (Å²) in [5, 5.41) is 3.83. The van der Waals surface area contributed by atoms with Gasteiger partial charge in [-0.1, -0.05) is 5.16 Å². The van der Waals surface area contributed by atoms with E-state index in [1.807, 2.05) is 20.8 Å². The van der Waals surface area contributed by atoms with Crippen molar-refractivity contribution in [1.82, 2.24) is 10.1 Å². The highest BCUT2D eigenvalue weighted by molar-refractivity contribution is 5.02. The standard InChI is InChI=1S/C9H17N3O2/c1-6(13-4)7-11-8(14-12-7)9(2,3)5-10/h6H,5,10H2,1-4H3. The first kappa shape index (κ1) is 11.1. The minimum atomic E-state index is -0.279. The average Bonchev–Trinajstić information content (AvgIpc) is 2.66. The van der Waals surface area contributed by atoms with Crippen molar-refractivity contribution >= 4 is 0 Å². The van der Waals surface area contributed by atoms with Crippen LogP contribution < -0.4 is 5.73 Å². The van der Waals surface area contributed by atoms with Crippen molar-refractivity contribution < 1.29 is 9.26 Å². The quantitative estimate of drug-likeness (QED) is 0.783. The fourth-order valence-corrected chi connectivity index (χ4v) is 0.868. The molecule has 0 bridgehead atoms. The number of aromatic nitrogens is 2. The number of ether oxygens (including phenoxy) is 1. The van der Waals surface area contributed by atoms with Gasteiger partial charge >= 0.3 is 0 Å². The largest absolute Gasteiger partial charge is 0.374 e. The first-order chi connectivity index (χ1) is 6.51. The molecule has 0 saturated carbocycles. The SMILES string of the molecule is COC(C)c1noc(C(C)(C)CN)n1. The number of hydrogen-bond donors (Lipinski definition) is 1.